The highest BCUT2D eigenvalue weighted by Gasteiger charge is 2.47. The van der Waals surface area contributed by atoms with E-state index in [0.717, 1.165) is 42.8 Å². The average Bonchev–Trinajstić information content (AvgIpc) is 3.13. The van der Waals surface area contributed by atoms with E-state index in [1.807, 2.05) is 12.1 Å². The highest BCUT2D eigenvalue weighted by atomic mass is 32.1. The summed E-state index contributed by atoms with van der Waals surface area (Å²) in [7, 11) is 0. The maximum absolute atomic E-state index is 5.56. The lowest BCUT2D eigenvalue weighted by molar-refractivity contribution is -0.0282. The summed E-state index contributed by atoms with van der Waals surface area (Å²) in [5.74, 6) is 0.860. The lowest BCUT2D eigenvalue weighted by Gasteiger charge is -2.49. The zero-order valence-corrected chi connectivity index (χ0v) is 11.5. The normalized spacial score (nSPS) is 26.9. The number of aromatic nitrogens is 1. The van der Waals surface area contributed by atoms with Gasteiger partial charge in [-0.05, 0) is 25.0 Å². The van der Waals surface area contributed by atoms with E-state index in [1.54, 1.807) is 17.6 Å². The number of furan rings is 1. The fraction of sp³-hybridized carbons (Fsp3) is 0.500. The lowest BCUT2D eigenvalue weighted by atomic mass is 9.84. The summed E-state index contributed by atoms with van der Waals surface area (Å²) in [6.07, 6.45) is 4.13. The minimum absolute atomic E-state index is 0.314. The van der Waals surface area contributed by atoms with E-state index >= 15 is 0 Å². The molecule has 0 aliphatic carbocycles. The molecule has 0 amide bonds. The van der Waals surface area contributed by atoms with Crippen molar-refractivity contribution in [1.29, 1.82) is 0 Å². The quantitative estimate of drug-likeness (QED) is 0.864. The third-order valence-corrected chi connectivity index (χ3v) is 5.14. The van der Waals surface area contributed by atoms with Gasteiger partial charge in [-0.3, -0.25) is 4.90 Å². The van der Waals surface area contributed by atoms with Crippen molar-refractivity contribution in [2.24, 2.45) is 0 Å². The summed E-state index contributed by atoms with van der Waals surface area (Å²) in [5.41, 5.74) is 1.46. The molecule has 1 atom stereocenters. The first-order valence-corrected chi connectivity index (χ1v) is 7.55. The van der Waals surface area contributed by atoms with Crippen LogP contribution in [0, 0.1) is 0 Å². The van der Waals surface area contributed by atoms with Crippen LogP contribution >= 0.6 is 11.3 Å². The number of nitrogens with zero attached hydrogens (tertiary/aromatic N) is 2. The van der Waals surface area contributed by atoms with Gasteiger partial charge in [-0.1, -0.05) is 0 Å². The van der Waals surface area contributed by atoms with Crippen LogP contribution in [-0.4, -0.2) is 35.2 Å². The van der Waals surface area contributed by atoms with Crippen LogP contribution in [0.3, 0.4) is 0 Å². The Morgan fingerprint density at radius 3 is 3.11 bits per heavy atom. The third-order valence-electron chi connectivity index (χ3n) is 4.24. The molecule has 0 aromatic carbocycles. The predicted octanol–water partition coefficient (Wildman–Crippen LogP) is 2.77. The van der Waals surface area contributed by atoms with E-state index in [1.165, 1.54) is 12.8 Å². The van der Waals surface area contributed by atoms with Gasteiger partial charge in [-0.25, -0.2) is 4.98 Å². The predicted molar refractivity (Wildman–Crippen MR) is 73.0 cm³/mol. The molecule has 4 nitrogen and oxygen atoms in total. The Morgan fingerprint density at radius 1 is 1.42 bits per heavy atom. The van der Waals surface area contributed by atoms with Crippen LogP contribution in [0.2, 0.25) is 0 Å². The molecule has 5 heteroatoms. The van der Waals surface area contributed by atoms with Crippen LogP contribution in [-0.2, 0) is 11.3 Å². The molecule has 0 saturated carbocycles. The van der Waals surface area contributed by atoms with Gasteiger partial charge in [-0.15, -0.1) is 11.3 Å². The molecule has 100 valence electrons. The second-order valence-corrected chi connectivity index (χ2v) is 6.18. The van der Waals surface area contributed by atoms with Crippen LogP contribution in [0.5, 0.6) is 0 Å². The maximum Gasteiger partial charge on any atom is 0.162 e. The van der Waals surface area contributed by atoms with Gasteiger partial charge in [0.05, 0.1) is 18.6 Å². The molecule has 0 radical (unpaired) electrons. The summed E-state index contributed by atoms with van der Waals surface area (Å²) in [5, 5.41) is 3.11. The van der Waals surface area contributed by atoms with Crippen molar-refractivity contribution in [3.8, 4) is 10.8 Å². The fourth-order valence-corrected chi connectivity index (χ4v) is 3.74. The summed E-state index contributed by atoms with van der Waals surface area (Å²) in [6, 6.07) is 3.86. The molecule has 19 heavy (non-hydrogen) atoms. The molecule has 1 unspecified atom stereocenters. The Balaban J connectivity index is 1.49. The third kappa shape index (κ3) is 1.93. The standard InChI is InChI=1S/C14H16N2O2S/c1-2-12(18-6-1)13-15-11(9-19-13)8-16-5-3-14(16)4-7-17-10-14/h1-2,6,9H,3-5,7-8,10H2. The molecular formula is C14H16N2O2S. The Labute approximate surface area is 116 Å². The van der Waals surface area contributed by atoms with Crippen molar-refractivity contribution in [2.45, 2.75) is 24.9 Å². The van der Waals surface area contributed by atoms with Crippen LogP contribution in [0.15, 0.2) is 28.2 Å². The van der Waals surface area contributed by atoms with Gasteiger partial charge >= 0.3 is 0 Å². The number of rotatable bonds is 3. The number of thiazole rings is 1. The zero-order chi connectivity index (χ0) is 12.7. The van der Waals surface area contributed by atoms with E-state index in [-0.39, 0.29) is 0 Å². The summed E-state index contributed by atoms with van der Waals surface area (Å²) < 4.78 is 10.9. The molecule has 0 N–H and O–H groups in total. The number of ether oxygens (including phenoxy) is 1. The van der Waals surface area contributed by atoms with Crippen molar-refractivity contribution in [3.63, 3.8) is 0 Å². The first kappa shape index (κ1) is 11.6. The van der Waals surface area contributed by atoms with Crippen molar-refractivity contribution in [1.82, 2.24) is 9.88 Å². The average molecular weight is 276 g/mol. The van der Waals surface area contributed by atoms with Crippen LogP contribution in [0.1, 0.15) is 18.5 Å². The molecule has 2 fully saturated rings. The van der Waals surface area contributed by atoms with Crippen LogP contribution < -0.4 is 0 Å². The van der Waals surface area contributed by atoms with E-state index in [4.69, 9.17) is 9.15 Å². The first-order valence-electron chi connectivity index (χ1n) is 6.67. The topological polar surface area (TPSA) is 38.5 Å². The van der Waals surface area contributed by atoms with Gasteiger partial charge in [0.25, 0.3) is 0 Å². The van der Waals surface area contributed by atoms with Crippen molar-refractivity contribution < 1.29 is 9.15 Å². The molecule has 2 aliphatic heterocycles. The SMILES string of the molecule is c1coc(-c2nc(CN3CCC34CCOC4)cs2)c1. The molecule has 2 saturated heterocycles. The molecule has 1 spiro atoms. The monoisotopic (exact) mass is 276 g/mol. The van der Waals surface area contributed by atoms with E-state index in [9.17, 15) is 0 Å². The Bertz CT molecular complexity index is 558. The summed E-state index contributed by atoms with van der Waals surface area (Å²) >= 11 is 1.65. The molecule has 4 rings (SSSR count). The number of hydrogen-bond donors (Lipinski definition) is 0. The van der Waals surface area contributed by atoms with E-state index < -0.39 is 0 Å². The maximum atomic E-state index is 5.56. The van der Waals surface area contributed by atoms with Gasteiger partial charge in [0, 0.05) is 30.6 Å². The van der Waals surface area contributed by atoms with Gasteiger partial charge in [0.2, 0.25) is 0 Å². The Kier molecular flexibility index (Phi) is 2.72. The van der Waals surface area contributed by atoms with Gasteiger partial charge < -0.3 is 9.15 Å². The molecule has 4 heterocycles. The summed E-state index contributed by atoms with van der Waals surface area (Å²) in [4.78, 5) is 7.19. The van der Waals surface area contributed by atoms with Crippen molar-refractivity contribution in [2.75, 3.05) is 19.8 Å². The molecule has 0 bridgehead atoms. The highest BCUT2D eigenvalue weighted by Crippen LogP contribution is 2.39. The zero-order valence-electron chi connectivity index (χ0n) is 10.7. The first-order chi connectivity index (χ1) is 9.36. The van der Waals surface area contributed by atoms with E-state index in [0.29, 0.717) is 5.54 Å². The van der Waals surface area contributed by atoms with Crippen LogP contribution in [0.25, 0.3) is 10.8 Å². The Hall–Kier alpha value is -1.17. The molecule has 2 aromatic rings. The second kappa shape index (κ2) is 4.44. The number of likely N-dealkylation sites (tertiary alicyclic amines) is 1. The van der Waals surface area contributed by atoms with Crippen LogP contribution in [0.4, 0.5) is 0 Å². The minimum Gasteiger partial charge on any atom is -0.462 e. The van der Waals surface area contributed by atoms with Gasteiger partial charge in [-0.2, -0.15) is 0 Å². The van der Waals surface area contributed by atoms with Gasteiger partial charge in [0.15, 0.2) is 10.8 Å². The minimum atomic E-state index is 0.314. The second-order valence-electron chi connectivity index (χ2n) is 5.32. The van der Waals surface area contributed by atoms with Gasteiger partial charge in [0.1, 0.15) is 0 Å². The van der Waals surface area contributed by atoms with Crippen molar-refractivity contribution in [3.05, 3.63) is 29.5 Å². The molecule has 2 aromatic heterocycles. The number of hydrogen-bond acceptors (Lipinski definition) is 5. The fourth-order valence-electron chi connectivity index (χ4n) is 2.96. The molecule has 2 aliphatic rings. The molecular weight excluding hydrogens is 260 g/mol. The smallest absolute Gasteiger partial charge is 0.162 e. The van der Waals surface area contributed by atoms with E-state index in [2.05, 4.69) is 15.3 Å². The Morgan fingerprint density at radius 2 is 2.42 bits per heavy atom. The highest BCUT2D eigenvalue weighted by molar-refractivity contribution is 7.13. The lowest BCUT2D eigenvalue weighted by Crippen LogP contribution is -2.59. The largest absolute Gasteiger partial charge is 0.462 e. The summed E-state index contributed by atoms with van der Waals surface area (Å²) in [6.45, 7) is 3.89. The van der Waals surface area contributed by atoms with Crippen molar-refractivity contribution >= 4 is 11.3 Å².